The molecule has 5 nitrogen and oxygen atoms in total. The second-order valence-corrected chi connectivity index (χ2v) is 6.21. The Balaban J connectivity index is 2.00. The minimum absolute atomic E-state index is 0.381. The number of rotatable bonds is 3. The molecule has 0 aliphatic heterocycles. The van der Waals surface area contributed by atoms with Crippen molar-refractivity contribution in [3.63, 3.8) is 0 Å². The van der Waals surface area contributed by atoms with Crippen LogP contribution in [0.2, 0.25) is 10.0 Å². The predicted molar refractivity (Wildman–Crippen MR) is 87.9 cm³/mol. The second kappa shape index (κ2) is 5.72. The number of thiazole rings is 1. The van der Waals surface area contributed by atoms with Crippen molar-refractivity contribution in [3.8, 4) is 16.4 Å². The molecule has 2 N–H and O–H groups in total. The van der Waals surface area contributed by atoms with Crippen molar-refractivity contribution in [2.24, 2.45) is 5.73 Å². The van der Waals surface area contributed by atoms with E-state index in [-0.39, 0.29) is 0 Å². The van der Waals surface area contributed by atoms with Gasteiger partial charge in [-0.3, -0.25) is 4.79 Å². The van der Waals surface area contributed by atoms with Gasteiger partial charge < -0.3 is 5.73 Å². The summed E-state index contributed by atoms with van der Waals surface area (Å²) in [6.45, 7) is 1.77. The highest BCUT2D eigenvalue weighted by atomic mass is 35.5. The Kier molecular flexibility index (Phi) is 3.90. The molecule has 1 aromatic carbocycles. The largest absolute Gasteiger partial charge is 0.365 e. The number of aromatic nitrogens is 3. The lowest BCUT2D eigenvalue weighted by Gasteiger charge is -2.01. The lowest BCUT2D eigenvalue weighted by molar-refractivity contribution is 0.0999. The first-order valence-corrected chi connectivity index (χ1v) is 7.86. The van der Waals surface area contributed by atoms with E-state index in [2.05, 4.69) is 10.1 Å². The molecule has 0 saturated heterocycles. The Morgan fingerprint density at radius 3 is 2.73 bits per heavy atom. The lowest BCUT2D eigenvalue weighted by Crippen LogP contribution is -2.12. The van der Waals surface area contributed by atoms with Crippen LogP contribution < -0.4 is 5.73 Å². The van der Waals surface area contributed by atoms with Gasteiger partial charge in [-0.25, -0.2) is 9.67 Å². The maximum Gasteiger partial charge on any atom is 0.252 e. The van der Waals surface area contributed by atoms with Gasteiger partial charge in [0.2, 0.25) is 5.13 Å². The van der Waals surface area contributed by atoms with Gasteiger partial charge in [-0.05, 0) is 19.1 Å². The van der Waals surface area contributed by atoms with Gasteiger partial charge in [0, 0.05) is 10.9 Å². The summed E-state index contributed by atoms with van der Waals surface area (Å²) in [7, 11) is 0. The number of hydrogen-bond acceptors (Lipinski definition) is 4. The number of halogens is 2. The summed E-state index contributed by atoms with van der Waals surface area (Å²) >= 11 is 13.3. The van der Waals surface area contributed by atoms with Gasteiger partial charge in [0.1, 0.15) is 0 Å². The van der Waals surface area contributed by atoms with Gasteiger partial charge in [0.05, 0.1) is 33.2 Å². The summed E-state index contributed by atoms with van der Waals surface area (Å²) in [4.78, 5) is 15.8. The third-order valence-electron chi connectivity index (χ3n) is 3.16. The van der Waals surface area contributed by atoms with E-state index in [0.29, 0.717) is 26.4 Å². The van der Waals surface area contributed by atoms with E-state index in [0.717, 1.165) is 11.3 Å². The molecule has 0 saturated carbocycles. The number of carbonyl (C=O) groups excluding carboxylic acids is 1. The Bertz CT molecular complexity index is 872. The normalized spacial score (nSPS) is 10.9. The molecule has 3 rings (SSSR count). The van der Waals surface area contributed by atoms with Crippen LogP contribution in [0.3, 0.4) is 0 Å². The van der Waals surface area contributed by atoms with Crippen LogP contribution in [0.4, 0.5) is 0 Å². The highest BCUT2D eigenvalue weighted by Gasteiger charge is 2.15. The predicted octanol–water partition coefficient (Wildman–Crippen LogP) is 3.71. The number of primary amides is 1. The van der Waals surface area contributed by atoms with Gasteiger partial charge in [-0.15, -0.1) is 11.3 Å². The van der Waals surface area contributed by atoms with E-state index in [1.807, 2.05) is 11.4 Å². The molecule has 22 heavy (non-hydrogen) atoms. The van der Waals surface area contributed by atoms with Crippen LogP contribution in [-0.2, 0) is 0 Å². The summed E-state index contributed by atoms with van der Waals surface area (Å²) in [5, 5.41) is 7.66. The maximum absolute atomic E-state index is 11.3. The fourth-order valence-corrected chi connectivity index (χ4v) is 3.13. The molecule has 0 fully saturated rings. The zero-order valence-corrected chi connectivity index (χ0v) is 13.7. The molecule has 8 heteroatoms. The molecule has 112 valence electrons. The number of nitrogens with zero attached hydrogens (tertiary/aromatic N) is 3. The minimum atomic E-state index is -0.509. The molecule has 3 aromatic rings. The molecular formula is C14H10Cl2N4OS. The molecule has 2 aromatic heterocycles. The van der Waals surface area contributed by atoms with Gasteiger partial charge in [-0.2, -0.15) is 5.10 Å². The quantitative estimate of drug-likeness (QED) is 0.780. The van der Waals surface area contributed by atoms with E-state index in [1.54, 1.807) is 23.7 Å². The van der Waals surface area contributed by atoms with E-state index in [9.17, 15) is 4.79 Å². The lowest BCUT2D eigenvalue weighted by atomic mass is 10.2. The topological polar surface area (TPSA) is 73.8 Å². The Morgan fingerprint density at radius 2 is 2.09 bits per heavy atom. The number of amides is 1. The van der Waals surface area contributed by atoms with E-state index < -0.39 is 5.91 Å². The Labute approximate surface area is 140 Å². The number of hydrogen-bond donors (Lipinski definition) is 1. The smallest absolute Gasteiger partial charge is 0.252 e. The summed E-state index contributed by atoms with van der Waals surface area (Å²) in [6.07, 6.45) is 1.44. The zero-order valence-electron chi connectivity index (χ0n) is 11.4. The molecule has 1 amide bonds. The fourth-order valence-electron chi connectivity index (χ4n) is 1.99. The molecular weight excluding hydrogens is 343 g/mol. The first kappa shape index (κ1) is 15.0. The van der Waals surface area contributed by atoms with Crippen LogP contribution in [0.1, 0.15) is 16.1 Å². The average molecular weight is 353 g/mol. The van der Waals surface area contributed by atoms with E-state index in [4.69, 9.17) is 28.9 Å². The molecule has 0 unspecified atom stereocenters. The minimum Gasteiger partial charge on any atom is -0.365 e. The summed E-state index contributed by atoms with van der Waals surface area (Å²) in [6, 6.07) is 5.33. The molecule has 0 aliphatic carbocycles. The van der Waals surface area contributed by atoms with E-state index >= 15 is 0 Å². The second-order valence-electron chi connectivity index (χ2n) is 4.56. The number of benzene rings is 1. The van der Waals surface area contributed by atoms with Crippen LogP contribution in [-0.4, -0.2) is 20.7 Å². The van der Waals surface area contributed by atoms with Crippen LogP contribution >= 0.6 is 34.5 Å². The summed E-state index contributed by atoms with van der Waals surface area (Å²) in [5.74, 6) is -0.509. The van der Waals surface area contributed by atoms with Crippen LogP contribution in [0, 0.1) is 6.92 Å². The van der Waals surface area contributed by atoms with Gasteiger partial charge in [0.15, 0.2) is 0 Å². The zero-order chi connectivity index (χ0) is 15.9. The van der Waals surface area contributed by atoms with Crippen LogP contribution in [0.15, 0.2) is 29.8 Å². The van der Waals surface area contributed by atoms with Gasteiger partial charge in [-0.1, -0.05) is 29.3 Å². The van der Waals surface area contributed by atoms with Crippen molar-refractivity contribution in [1.29, 1.82) is 0 Å². The molecule has 0 aliphatic rings. The van der Waals surface area contributed by atoms with Crippen molar-refractivity contribution in [2.45, 2.75) is 6.92 Å². The van der Waals surface area contributed by atoms with Crippen molar-refractivity contribution in [2.75, 3.05) is 0 Å². The third kappa shape index (κ3) is 2.61. The molecule has 0 spiro atoms. The van der Waals surface area contributed by atoms with Crippen LogP contribution in [0.25, 0.3) is 16.4 Å². The average Bonchev–Trinajstić information content (AvgIpc) is 3.08. The van der Waals surface area contributed by atoms with E-state index in [1.165, 1.54) is 17.5 Å². The molecule has 0 bridgehead atoms. The van der Waals surface area contributed by atoms with Crippen molar-refractivity contribution in [1.82, 2.24) is 14.8 Å². The highest BCUT2D eigenvalue weighted by Crippen LogP contribution is 2.30. The first-order chi connectivity index (χ1) is 10.5. The van der Waals surface area contributed by atoms with Gasteiger partial charge in [0.25, 0.3) is 5.91 Å². The Hall–Kier alpha value is -1.89. The molecule has 0 radical (unpaired) electrons. The van der Waals surface area contributed by atoms with Crippen molar-refractivity contribution in [3.05, 3.63) is 51.1 Å². The maximum atomic E-state index is 11.3. The SMILES string of the molecule is Cc1c(C(N)=O)cnn1-c1nc(-c2ccc(Cl)c(Cl)c2)cs1. The van der Waals surface area contributed by atoms with Crippen molar-refractivity contribution < 1.29 is 4.79 Å². The number of carbonyl (C=O) groups is 1. The van der Waals surface area contributed by atoms with Crippen LogP contribution in [0.5, 0.6) is 0 Å². The summed E-state index contributed by atoms with van der Waals surface area (Å²) < 4.78 is 1.59. The molecule has 2 heterocycles. The third-order valence-corrected chi connectivity index (χ3v) is 4.72. The monoisotopic (exact) mass is 352 g/mol. The fraction of sp³-hybridized carbons (Fsp3) is 0.0714. The highest BCUT2D eigenvalue weighted by molar-refractivity contribution is 7.12. The summed E-state index contributed by atoms with van der Waals surface area (Å²) in [5.41, 5.74) is 7.95. The Morgan fingerprint density at radius 1 is 1.32 bits per heavy atom. The number of nitrogens with two attached hydrogens (primary N) is 1. The van der Waals surface area contributed by atoms with Gasteiger partial charge >= 0.3 is 0 Å². The standard InChI is InChI=1S/C14H10Cl2N4OS/c1-7-9(13(17)21)5-18-20(7)14-19-12(6-22-14)8-2-3-10(15)11(16)4-8/h2-6H,1H3,(H2,17,21). The van der Waals surface area contributed by atoms with Crippen molar-refractivity contribution >= 4 is 40.4 Å². The first-order valence-electron chi connectivity index (χ1n) is 6.23. The molecule has 0 atom stereocenters.